The first-order valence-corrected chi connectivity index (χ1v) is 9.99. The summed E-state index contributed by atoms with van der Waals surface area (Å²) >= 11 is 3.29. The SMILES string of the molecule is Cc1ccc2nc(CSCc3nc4sc(C)c(C)c4c(=O)[nH]3)cn2c1. The lowest BCUT2D eigenvalue weighted by molar-refractivity contribution is 1.04. The van der Waals surface area contributed by atoms with Gasteiger partial charge < -0.3 is 9.38 Å². The molecule has 4 rings (SSSR count). The van der Waals surface area contributed by atoms with Crippen molar-refractivity contribution in [2.24, 2.45) is 0 Å². The molecule has 0 radical (unpaired) electrons. The second-order valence-electron chi connectivity index (χ2n) is 6.17. The van der Waals surface area contributed by atoms with E-state index in [9.17, 15) is 4.79 Å². The maximum atomic E-state index is 12.3. The van der Waals surface area contributed by atoms with E-state index >= 15 is 0 Å². The minimum Gasteiger partial charge on any atom is -0.309 e. The number of hydrogen-bond donors (Lipinski definition) is 1. The molecule has 25 heavy (non-hydrogen) atoms. The molecule has 0 aliphatic rings. The van der Waals surface area contributed by atoms with E-state index in [1.807, 2.05) is 19.9 Å². The number of H-pyrrole nitrogens is 1. The summed E-state index contributed by atoms with van der Waals surface area (Å²) in [5.41, 5.74) is 4.19. The van der Waals surface area contributed by atoms with E-state index in [2.05, 4.69) is 44.7 Å². The van der Waals surface area contributed by atoms with Crippen molar-refractivity contribution >= 4 is 39.0 Å². The van der Waals surface area contributed by atoms with Gasteiger partial charge in [-0.15, -0.1) is 23.1 Å². The number of thiophene rings is 1. The Balaban J connectivity index is 1.51. The molecular formula is C18H18N4OS2. The second-order valence-corrected chi connectivity index (χ2v) is 8.36. The predicted molar refractivity (Wildman–Crippen MR) is 105 cm³/mol. The first-order valence-electron chi connectivity index (χ1n) is 8.02. The van der Waals surface area contributed by atoms with Gasteiger partial charge in [0.25, 0.3) is 5.56 Å². The van der Waals surface area contributed by atoms with E-state index in [1.54, 1.807) is 23.1 Å². The third-order valence-corrected chi connectivity index (χ3v) is 6.30. The Bertz CT molecular complexity index is 1140. The van der Waals surface area contributed by atoms with Crippen molar-refractivity contribution in [1.29, 1.82) is 0 Å². The molecule has 5 nitrogen and oxygen atoms in total. The van der Waals surface area contributed by atoms with E-state index in [1.165, 1.54) is 5.56 Å². The third kappa shape index (κ3) is 3.09. The first kappa shape index (κ1) is 16.4. The molecule has 128 valence electrons. The van der Waals surface area contributed by atoms with Crippen LogP contribution in [0.5, 0.6) is 0 Å². The van der Waals surface area contributed by atoms with Crippen LogP contribution in [0.15, 0.2) is 29.3 Å². The minimum absolute atomic E-state index is 0.0364. The molecular weight excluding hydrogens is 352 g/mol. The van der Waals surface area contributed by atoms with Crippen LogP contribution in [0.2, 0.25) is 0 Å². The third-order valence-electron chi connectivity index (χ3n) is 4.23. The predicted octanol–water partition coefficient (Wildman–Crippen LogP) is 3.99. The fourth-order valence-corrected chi connectivity index (χ4v) is 4.67. The van der Waals surface area contributed by atoms with Gasteiger partial charge in [0, 0.05) is 23.0 Å². The number of rotatable bonds is 4. The largest absolute Gasteiger partial charge is 0.309 e. The van der Waals surface area contributed by atoms with Gasteiger partial charge in [0.05, 0.1) is 16.8 Å². The molecule has 0 unspecified atom stereocenters. The van der Waals surface area contributed by atoms with Crippen molar-refractivity contribution in [3.8, 4) is 0 Å². The summed E-state index contributed by atoms with van der Waals surface area (Å²) in [5, 5.41) is 0.729. The fraction of sp³-hybridized carbons (Fsp3) is 0.278. The van der Waals surface area contributed by atoms with E-state index in [4.69, 9.17) is 0 Å². The Morgan fingerprint density at radius 3 is 2.84 bits per heavy atom. The van der Waals surface area contributed by atoms with Crippen LogP contribution in [-0.4, -0.2) is 19.4 Å². The van der Waals surface area contributed by atoms with Crippen molar-refractivity contribution in [2.75, 3.05) is 0 Å². The van der Waals surface area contributed by atoms with Crippen LogP contribution in [0.1, 0.15) is 27.5 Å². The van der Waals surface area contributed by atoms with Gasteiger partial charge in [0.15, 0.2) is 0 Å². The zero-order valence-electron chi connectivity index (χ0n) is 14.3. The van der Waals surface area contributed by atoms with Gasteiger partial charge in [-0.1, -0.05) is 6.07 Å². The van der Waals surface area contributed by atoms with E-state index in [0.29, 0.717) is 5.75 Å². The standard InChI is InChI=1S/C18H18N4OS2/c1-10-4-5-15-19-13(7-22(15)6-10)8-24-9-14-20-17(23)16-11(2)12(3)25-18(16)21-14/h4-7H,8-9H2,1-3H3,(H,20,21,23). The Kier molecular flexibility index (Phi) is 4.13. The smallest absolute Gasteiger partial charge is 0.259 e. The molecule has 0 saturated carbocycles. The molecule has 0 fully saturated rings. The van der Waals surface area contributed by atoms with Crippen molar-refractivity contribution < 1.29 is 0 Å². The molecule has 0 atom stereocenters. The van der Waals surface area contributed by atoms with Crippen molar-refractivity contribution in [2.45, 2.75) is 32.3 Å². The Hall–Kier alpha value is -2.12. The normalized spacial score (nSPS) is 11.6. The van der Waals surface area contributed by atoms with Crippen LogP contribution in [0.3, 0.4) is 0 Å². The number of hydrogen-bond acceptors (Lipinski definition) is 5. The summed E-state index contributed by atoms with van der Waals surface area (Å²) in [6, 6.07) is 4.09. The highest BCUT2D eigenvalue weighted by atomic mass is 32.2. The maximum absolute atomic E-state index is 12.3. The van der Waals surface area contributed by atoms with Gasteiger partial charge in [0.2, 0.25) is 0 Å². The van der Waals surface area contributed by atoms with E-state index in [0.717, 1.165) is 43.6 Å². The topological polar surface area (TPSA) is 63.0 Å². The Labute approximate surface area is 153 Å². The monoisotopic (exact) mass is 370 g/mol. The van der Waals surface area contributed by atoms with Crippen LogP contribution >= 0.6 is 23.1 Å². The number of nitrogens with one attached hydrogen (secondary N) is 1. The number of aryl methyl sites for hydroxylation is 3. The van der Waals surface area contributed by atoms with Gasteiger partial charge in [-0.2, -0.15) is 0 Å². The molecule has 0 aliphatic carbocycles. The summed E-state index contributed by atoms with van der Waals surface area (Å²) in [7, 11) is 0. The highest BCUT2D eigenvalue weighted by Crippen LogP contribution is 2.26. The molecule has 7 heteroatoms. The lowest BCUT2D eigenvalue weighted by Gasteiger charge is -2.00. The van der Waals surface area contributed by atoms with E-state index < -0.39 is 0 Å². The van der Waals surface area contributed by atoms with Crippen LogP contribution in [0.25, 0.3) is 15.9 Å². The van der Waals surface area contributed by atoms with Gasteiger partial charge in [0.1, 0.15) is 16.3 Å². The number of aromatic nitrogens is 4. The fourth-order valence-electron chi connectivity index (χ4n) is 2.84. The van der Waals surface area contributed by atoms with Gasteiger partial charge >= 0.3 is 0 Å². The molecule has 0 aromatic carbocycles. The van der Waals surface area contributed by atoms with Gasteiger partial charge in [-0.05, 0) is 38.0 Å². The average molecular weight is 371 g/mol. The van der Waals surface area contributed by atoms with Crippen molar-refractivity contribution in [3.05, 3.63) is 62.4 Å². The Morgan fingerprint density at radius 2 is 2.00 bits per heavy atom. The number of imidazole rings is 1. The molecule has 0 saturated heterocycles. The summed E-state index contributed by atoms with van der Waals surface area (Å²) in [6.45, 7) is 6.07. The van der Waals surface area contributed by atoms with Crippen LogP contribution in [0.4, 0.5) is 0 Å². The highest BCUT2D eigenvalue weighted by Gasteiger charge is 2.12. The molecule has 4 aromatic rings. The molecule has 0 amide bonds. The molecule has 4 aromatic heterocycles. The quantitative estimate of drug-likeness (QED) is 0.590. The molecule has 0 aliphatic heterocycles. The molecule has 0 bridgehead atoms. The van der Waals surface area contributed by atoms with Crippen LogP contribution < -0.4 is 5.56 Å². The second kappa shape index (κ2) is 6.31. The number of fused-ring (bicyclic) bond motifs is 2. The summed E-state index contributed by atoms with van der Waals surface area (Å²) in [6.07, 6.45) is 4.13. The van der Waals surface area contributed by atoms with Crippen molar-refractivity contribution in [3.63, 3.8) is 0 Å². The Morgan fingerprint density at radius 1 is 1.16 bits per heavy atom. The zero-order chi connectivity index (χ0) is 17.6. The lowest BCUT2D eigenvalue weighted by atomic mass is 10.2. The number of nitrogens with zero attached hydrogens (tertiary/aromatic N) is 3. The summed E-state index contributed by atoms with van der Waals surface area (Å²) in [5.74, 6) is 2.17. The number of thioether (sulfide) groups is 1. The number of aromatic amines is 1. The minimum atomic E-state index is -0.0364. The molecule has 1 N–H and O–H groups in total. The lowest BCUT2D eigenvalue weighted by Crippen LogP contribution is -2.10. The zero-order valence-corrected chi connectivity index (χ0v) is 15.9. The first-order chi connectivity index (χ1) is 12.0. The average Bonchev–Trinajstić information content (AvgIpc) is 3.08. The van der Waals surface area contributed by atoms with E-state index in [-0.39, 0.29) is 5.56 Å². The molecule has 0 spiro atoms. The maximum Gasteiger partial charge on any atom is 0.259 e. The van der Waals surface area contributed by atoms with Gasteiger partial charge in [-0.3, -0.25) is 4.79 Å². The van der Waals surface area contributed by atoms with Crippen LogP contribution in [0, 0.1) is 20.8 Å². The number of pyridine rings is 1. The summed E-state index contributed by atoms with van der Waals surface area (Å²) in [4.78, 5) is 26.4. The van der Waals surface area contributed by atoms with Gasteiger partial charge in [-0.25, -0.2) is 9.97 Å². The highest BCUT2D eigenvalue weighted by molar-refractivity contribution is 7.97. The van der Waals surface area contributed by atoms with Crippen molar-refractivity contribution in [1.82, 2.24) is 19.4 Å². The summed E-state index contributed by atoms with van der Waals surface area (Å²) < 4.78 is 2.05. The molecule has 4 heterocycles. The van der Waals surface area contributed by atoms with Crippen LogP contribution in [-0.2, 0) is 11.5 Å².